The van der Waals surface area contributed by atoms with Crippen molar-refractivity contribution in [1.82, 2.24) is 9.22 Å². The Bertz CT molecular complexity index is 973. The molecule has 1 N–H and O–H groups in total. The maximum atomic E-state index is 12.1. The summed E-state index contributed by atoms with van der Waals surface area (Å²) < 4.78 is 37.3. The SMILES string of the molecule is CCCC(CC)(PN(C)/N=C/c1ccc(O)cc1)c1ccc(CCN([PH](=O)OC)[PH](=O)OC)cc1. The van der Waals surface area contributed by atoms with Crippen LogP contribution in [0.2, 0.25) is 0 Å². The molecule has 2 aromatic rings. The Kier molecular flexibility index (Phi) is 12.6. The van der Waals surface area contributed by atoms with Crippen molar-refractivity contribution >= 4 is 31.3 Å². The fourth-order valence-electron chi connectivity index (χ4n) is 3.91. The highest BCUT2D eigenvalue weighted by molar-refractivity contribution is 7.52. The zero-order valence-corrected chi connectivity index (χ0v) is 24.2. The highest BCUT2D eigenvalue weighted by Gasteiger charge is 2.31. The van der Waals surface area contributed by atoms with E-state index in [1.54, 1.807) is 12.1 Å². The van der Waals surface area contributed by atoms with Gasteiger partial charge < -0.3 is 14.2 Å². The highest BCUT2D eigenvalue weighted by Crippen LogP contribution is 2.50. The van der Waals surface area contributed by atoms with Gasteiger partial charge in [0, 0.05) is 41.7 Å². The average Bonchev–Trinajstić information content (AvgIpc) is 2.88. The summed E-state index contributed by atoms with van der Waals surface area (Å²) in [6.07, 6.45) is 5.48. The number of rotatable bonds is 15. The Morgan fingerprint density at radius 1 is 1.03 bits per heavy atom. The predicted octanol–water partition coefficient (Wildman–Crippen LogP) is 6.27. The van der Waals surface area contributed by atoms with Gasteiger partial charge in [0.1, 0.15) is 5.75 Å². The van der Waals surface area contributed by atoms with Crippen molar-refractivity contribution in [3.05, 3.63) is 65.2 Å². The molecule has 4 unspecified atom stereocenters. The van der Waals surface area contributed by atoms with Crippen molar-refractivity contribution in [3.63, 3.8) is 0 Å². The minimum Gasteiger partial charge on any atom is -0.508 e. The Morgan fingerprint density at radius 3 is 2.14 bits per heavy atom. The summed E-state index contributed by atoms with van der Waals surface area (Å²) in [5.74, 6) is 0.239. The van der Waals surface area contributed by atoms with E-state index in [0.717, 1.165) is 30.4 Å². The normalized spacial score (nSPS) is 15.6. The zero-order chi connectivity index (χ0) is 25.8. The summed E-state index contributed by atoms with van der Waals surface area (Å²) >= 11 is 0. The Morgan fingerprint density at radius 2 is 1.63 bits per heavy atom. The number of hydrogen-bond acceptors (Lipinski definition) is 7. The molecule has 0 aliphatic heterocycles. The molecule has 4 atom stereocenters. The third-order valence-electron chi connectivity index (χ3n) is 5.85. The van der Waals surface area contributed by atoms with Gasteiger partial charge >= 0.3 is 0 Å². The van der Waals surface area contributed by atoms with Crippen LogP contribution in [0.3, 0.4) is 0 Å². The first-order valence-electron chi connectivity index (χ1n) is 11.7. The van der Waals surface area contributed by atoms with Gasteiger partial charge in [-0.15, -0.1) is 0 Å². The van der Waals surface area contributed by atoms with Crippen LogP contribution in [0.25, 0.3) is 0 Å². The number of aromatic hydroxyl groups is 1. The number of hydrazone groups is 1. The van der Waals surface area contributed by atoms with E-state index in [-0.39, 0.29) is 10.9 Å². The molecular formula is C24H38N3O5P3. The van der Waals surface area contributed by atoms with Crippen molar-refractivity contribution in [2.24, 2.45) is 5.10 Å². The van der Waals surface area contributed by atoms with E-state index < -0.39 is 16.4 Å². The van der Waals surface area contributed by atoms with Gasteiger partial charge in [-0.2, -0.15) is 9.54 Å². The van der Waals surface area contributed by atoms with Gasteiger partial charge in [-0.25, -0.2) is 0 Å². The molecule has 11 heteroatoms. The lowest BCUT2D eigenvalue weighted by molar-refractivity contribution is 0.343. The summed E-state index contributed by atoms with van der Waals surface area (Å²) in [6.45, 7) is 4.76. The van der Waals surface area contributed by atoms with Gasteiger partial charge in [-0.05, 0) is 60.2 Å². The van der Waals surface area contributed by atoms with Crippen LogP contribution >= 0.6 is 25.1 Å². The molecule has 0 fully saturated rings. The van der Waals surface area contributed by atoms with Crippen LogP contribution in [0.1, 0.15) is 49.8 Å². The first-order valence-corrected chi connectivity index (χ1v) is 15.1. The van der Waals surface area contributed by atoms with Crippen LogP contribution in [0, 0.1) is 0 Å². The maximum absolute atomic E-state index is 12.1. The fourth-order valence-corrected chi connectivity index (χ4v) is 7.64. The van der Waals surface area contributed by atoms with E-state index in [9.17, 15) is 14.2 Å². The smallest absolute Gasteiger partial charge is 0.267 e. The van der Waals surface area contributed by atoms with E-state index in [2.05, 4.69) is 43.2 Å². The molecular weight excluding hydrogens is 503 g/mol. The van der Waals surface area contributed by atoms with Gasteiger partial charge in [-0.3, -0.25) is 13.9 Å². The molecule has 2 aromatic carbocycles. The van der Waals surface area contributed by atoms with Crippen molar-refractivity contribution in [2.75, 3.05) is 27.8 Å². The van der Waals surface area contributed by atoms with Crippen molar-refractivity contribution in [3.8, 4) is 5.75 Å². The lowest BCUT2D eigenvalue weighted by Crippen LogP contribution is -2.23. The highest BCUT2D eigenvalue weighted by atomic mass is 31.2. The second kappa shape index (κ2) is 14.9. The van der Waals surface area contributed by atoms with Crippen LogP contribution < -0.4 is 0 Å². The van der Waals surface area contributed by atoms with Crippen LogP contribution in [0.4, 0.5) is 0 Å². The first-order chi connectivity index (χ1) is 16.8. The Balaban J connectivity index is 2.14. The third kappa shape index (κ3) is 8.82. The summed E-state index contributed by atoms with van der Waals surface area (Å²) in [4.78, 5) is 0. The predicted molar refractivity (Wildman–Crippen MR) is 148 cm³/mol. The Labute approximate surface area is 212 Å². The monoisotopic (exact) mass is 541 g/mol. The molecule has 0 heterocycles. The van der Waals surface area contributed by atoms with Gasteiger partial charge in [0.15, 0.2) is 0 Å². The number of benzene rings is 2. The lowest BCUT2D eigenvalue weighted by atomic mass is 9.90. The largest absolute Gasteiger partial charge is 0.508 e. The van der Waals surface area contributed by atoms with Crippen LogP contribution in [-0.2, 0) is 29.8 Å². The maximum Gasteiger partial charge on any atom is 0.267 e. The summed E-state index contributed by atoms with van der Waals surface area (Å²) in [5, 5.41) is 14.1. The molecule has 8 nitrogen and oxygen atoms in total. The van der Waals surface area contributed by atoms with E-state index in [0.29, 0.717) is 21.7 Å². The van der Waals surface area contributed by atoms with E-state index in [1.165, 1.54) is 24.2 Å². The lowest BCUT2D eigenvalue weighted by Gasteiger charge is -2.36. The first kappa shape index (κ1) is 29.7. The molecule has 0 saturated carbocycles. The minimum atomic E-state index is -2.57. The average molecular weight is 542 g/mol. The number of phenols is 1. The topological polar surface area (TPSA) is 91.7 Å². The van der Waals surface area contributed by atoms with Gasteiger partial charge in [0.25, 0.3) is 16.4 Å². The molecule has 194 valence electrons. The molecule has 0 amide bonds. The molecule has 0 saturated heterocycles. The molecule has 0 aliphatic carbocycles. The third-order valence-corrected chi connectivity index (χ3v) is 10.7. The standard InChI is InChI=1S/C24H38N3O5P3/c1-6-17-24(7-2,33-26(3)25-19-21-10-14-23(28)15-11-21)22-12-8-20(9-13-22)16-18-27(34(29)31-4)35(30)32-5/h8-15,19,28,33-35H,6-7,16-18H2,1-5H3/b25-19+. The fraction of sp³-hybridized carbons (Fsp3) is 0.458. The van der Waals surface area contributed by atoms with E-state index in [1.807, 2.05) is 30.2 Å². The molecule has 0 spiro atoms. The van der Waals surface area contributed by atoms with E-state index in [4.69, 9.17) is 9.05 Å². The number of phenolic OH excluding ortho intramolecular Hbond substituents is 1. The molecule has 0 aliphatic rings. The molecule has 0 aromatic heterocycles. The molecule has 0 radical (unpaired) electrons. The summed E-state index contributed by atoms with van der Waals surface area (Å²) in [7, 11) is 0.00371. The second-order valence-electron chi connectivity index (χ2n) is 8.20. The van der Waals surface area contributed by atoms with Gasteiger partial charge in [-0.1, -0.05) is 44.5 Å². The zero-order valence-electron chi connectivity index (χ0n) is 21.2. The van der Waals surface area contributed by atoms with Crippen molar-refractivity contribution in [2.45, 2.75) is 44.7 Å². The Hall–Kier alpha value is -1.52. The van der Waals surface area contributed by atoms with Crippen LogP contribution in [0.15, 0.2) is 53.6 Å². The molecule has 35 heavy (non-hydrogen) atoms. The second-order valence-corrected chi connectivity index (χ2v) is 13.4. The van der Waals surface area contributed by atoms with Gasteiger partial charge in [0.2, 0.25) is 0 Å². The molecule has 2 rings (SSSR count). The molecule has 0 bridgehead atoms. The number of nitrogens with zero attached hydrogens (tertiary/aromatic N) is 3. The number of hydrogen-bond donors (Lipinski definition) is 1. The van der Waals surface area contributed by atoms with Crippen molar-refractivity contribution in [1.29, 1.82) is 0 Å². The van der Waals surface area contributed by atoms with Gasteiger partial charge in [0.05, 0.1) is 6.21 Å². The van der Waals surface area contributed by atoms with Crippen LogP contribution in [-0.4, -0.2) is 48.4 Å². The van der Waals surface area contributed by atoms with Crippen molar-refractivity contribution < 1.29 is 23.3 Å². The van der Waals surface area contributed by atoms with E-state index >= 15 is 0 Å². The minimum absolute atomic E-state index is 0.0250. The summed E-state index contributed by atoms with van der Waals surface area (Å²) in [5.41, 5.74) is 3.27. The summed E-state index contributed by atoms with van der Waals surface area (Å²) in [6, 6.07) is 15.5. The quantitative estimate of drug-likeness (QED) is 0.161. The van der Waals surface area contributed by atoms with Crippen LogP contribution in [0.5, 0.6) is 5.75 Å².